The molecule has 0 atom stereocenters. The molecule has 3 N–H and O–H groups in total. The molecule has 0 bridgehead atoms. The minimum atomic E-state index is -0.157. The zero-order chi connectivity index (χ0) is 13.3. The van der Waals surface area contributed by atoms with Crippen molar-refractivity contribution in [2.75, 3.05) is 5.73 Å². The van der Waals surface area contributed by atoms with Crippen LogP contribution >= 0.6 is 0 Å². The number of aryl methyl sites for hydroxylation is 1. The van der Waals surface area contributed by atoms with Gasteiger partial charge in [0.1, 0.15) is 11.6 Å². The third kappa shape index (κ3) is 2.14. The maximum Gasteiger partial charge on any atom is 0.256 e. The molecule has 0 saturated heterocycles. The molecule has 2 rings (SSSR count). The van der Waals surface area contributed by atoms with Gasteiger partial charge in [0, 0.05) is 5.56 Å². The maximum absolute atomic E-state index is 12.0. The molecular formula is C14H17N3O. The summed E-state index contributed by atoms with van der Waals surface area (Å²) in [4.78, 5) is 19.1. The van der Waals surface area contributed by atoms with E-state index in [2.05, 4.69) is 9.97 Å². The lowest BCUT2D eigenvalue weighted by molar-refractivity contribution is 0.837. The molecule has 0 amide bonds. The quantitative estimate of drug-likeness (QED) is 0.851. The second-order valence-corrected chi connectivity index (χ2v) is 4.68. The number of nitrogen functional groups attached to an aromatic ring is 1. The summed E-state index contributed by atoms with van der Waals surface area (Å²) < 4.78 is 0. The molecule has 18 heavy (non-hydrogen) atoms. The fourth-order valence-corrected chi connectivity index (χ4v) is 2.02. The molecule has 0 fully saturated rings. The van der Waals surface area contributed by atoms with Crippen LogP contribution in [0.4, 0.5) is 5.82 Å². The normalized spacial score (nSPS) is 10.9. The lowest BCUT2D eigenvalue weighted by Crippen LogP contribution is -2.19. The molecule has 1 aromatic carbocycles. The minimum Gasteiger partial charge on any atom is -0.383 e. The van der Waals surface area contributed by atoms with Crippen molar-refractivity contribution in [2.24, 2.45) is 0 Å². The van der Waals surface area contributed by atoms with E-state index >= 15 is 0 Å². The highest BCUT2D eigenvalue weighted by molar-refractivity contribution is 5.61. The summed E-state index contributed by atoms with van der Waals surface area (Å²) in [5.41, 5.74) is 8.22. The molecule has 0 aliphatic rings. The molecular weight excluding hydrogens is 226 g/mol. The standard InChI is InChI=1S/C14H17N3O/c1-8(2)11-12(15)16-13(17-14(11)18)10-7-5-4-6-9(10)3/h4-8H,1-3H3,(H3,15,16,17,18). The number of H-pyrrole nitrogens is 1. The average molecular weight is 243 g/mol. The van der Waals surface area contributed by atoms with Crippen molar-refractivity contribution in [3.8, 4) is 11.4 Å². The van der Waals surface area contributed by atoms with E-state index in [1.165, 1.54) is 0 Å². The number of nitrogens with two attached hydrogens (primary N) is 1. The molecule has 94 valence electrons. The average Bonchev–Trinajstić information content (AvgIpc) is 2.27. The number of aromatic amines is 1. The number of rotatable bonds is 2. The number of hydrogen-bond donors (Lipinski definition) is 2. The van der Waals surface area contributed by atoms with Crippen molar-refractivity contribution < 1.29 is 0 Å². The van der Waals surface area contributed by atoms with Crippen molar-refractivity contribution in [2.45, 2.75) is 26.7 Å². The third-order valence-electron chi connectivity index (χ3n) is 2.96. The minimum absolute atomic E-state index is 0.0622. The first kappa shape index (κ1) is 12.4. The van der Waals surface area contributed by atoms with Crippen molar-refractivity contribution in [3.63, 3.8) is 0 Å². The largest absolute Gasteiger partial charge is 0.383 e. The van der Waals surface area contributed by atoms with Gasteiger partial charge in [0.15, 0.2) is 0 Å². The molecule has 0 saturated carbocycles. The molecule has 0 aliphatic carbocycles. The maximum atomic E-state index is 12.0. The summed E-state index contributed by atoms with van der Waals surface area (Å²) in [5, 5.41) is 0. The van der Waals surface area contributed by atoms with Gasteiger partial charge in [-0.1, -0.05) is 38.1 Å². The monoisotopic (exact) mass is 243 g/mol. The van der Waals surface area contributed by atoms with Gasteiger partial charge in [0.25, 0.3) is 5.56 Å². The van der Waals surface area contributed by atoms with Crippen LogP contribution in [0.2, 0.25) is 0 Å². The SMILES string of the molecule is Cc1ccccc1-c1nc(N)c(C(C)C)c(=O)[nH]1. The highest BCUT2D eigenvalue weighted by Crippen LogP contribution is 2.21. The van der Waals surface area contributed by atoms with Crippen LogP contribution in [0.15, 0.2) is 29.1 Å². The number of aromatic nitrogens is 2. The second-order valence-electron chi connectivity index (χ2n) is 4.68. The lowest BCUT2D eigenvalue weighted by atomic mass is 10.0. The Kier molecular flexibility index (Phi) is 3.19. The predicted octanol–water partition coefficient (Wildman–Crippen LogP) is 2.45. The van der Waals surface area contributed by atoms with Crippen LogP contribution in [-0.2, 0) is 0 Å². The molecule has 4 heteroatoms. The Balaban J connectivity index is 2.63. The number of anilines is 1. The molecule has 2 aromatic rings. The summed E-state index contributed by atoms with van der Waals surface area (Å²) in [6, 6.07) is 7.75. The van der Waals surface area contributed by atoms with E-state index in [4.69, 9.17) is 5.73 Å². The van der Waals surface area contributed by atoms with Crippen molar-refractivity contribution in [3.05, 3.63) is 45.7 Å². The van der Waals surface area contributed by atoms with Crippen LogP contribution in [0.1, 0.15) is 30.9 Å². The van der Waals surface area contributed by atoms with E-state index in [1.807, 2.05) is 45.0 Å². The van der Waals surface area contributed by atoms with Gasteiger partial charge in [-0.25, -0.2) is 4.98 Å². The fourth-order valence-electron chi connectivity index (χ4n) is 2.02. The van der Waals surface area contributed by atoms with Gasteiger partial charge in [-0.3, -0.25) is 4.79 Å². The lowest BCUT2D eigenvalue weighted by Gasteiger charge is -2.10. The van der Waals surface area contributed by atoms with Crippen LogP contribution in [0.25, 0.3) is 11.4 Å². The van der Waals surface area contributed by atoms with E-state index in [-0.39, 0.29) is 11.5 Å². The van der Waals surface area contributed by atoms with E-state index in [0.717, 1.165) is 11.1 Å². The van der Waals surface area contributed by atoms with Gasteiger partial charge in [0.2, 0.25) is 0 Å². The van der Waals surface area contributed by atoms with E-state index < -0.39 is 0 Å². The van der Waals surface area contributed by atoms with Crippen LogP contribution in [-0.4, -0.2) is 9.97 Å². The van der Waals surface area contributed by atoms with Gasteiger partial charge in [-0.05, 0) is 18.4 Å². The van der Waals surface area contributed by atoms with Gasteiger partial charge < -0.3 is 10.7 Å². The number of nitrogens with zero attached hydrogens (tertiary/aromatic N) is 1. The molecule has 4 nitrogen and oxygen atoms in total. The van der Waals surface area contributed by atoms with Crippen molar-refractivity contribution in [1.82, 2.24) is 9.97 Å². The first-order chi connectivity index (χ1) is 8.50. The van der Waals surface area contributed by atoms with E-state index in [9.17, 15) is 4.79 Å². The Morgan fingerprint density at radius 3 is 2.50 bits per heavy atom. The summed E-state index contributed by atoms with van der Waals surface area (Å²) in [6.45, 7) is 5.83. The first-order valence-corrected chi connectivity index (χ1v) is 5.96. The van der Waals surface area contributed by atoms with Crippen LogP contribution in [0.5, 0.6) is 0 Å². The Hall–Kier alpha value is -2.10. The van der Waals surface area contributed by atoms with Crippen LogP contribution < -0.4 is 11.3 Å². The number of nitrogens with one attached hydrogen (secondary N) is 1. The summed E-state index contributed by atoms with van der Waals surface area (Å²) in [6.07, 6.45) is 0. The fraction of sp³-hybridized carbons (Fsp3) is 0.286. The molecule has 0 spiro atoms. The zero-order valence-corrected chi connectivity index (χ0v) is 10.8. The van der Waals surface area contributed by atoms with E-state index in [1.54, 1.807) is 0 Å². The first-order valence-electron chi connectivity index (χ1n) is 5.96. The Labute approximate surface area is 106 Å². The summed E-state index contributed by atoms with van der Waals surface area (Å²) in [5.74, 6) is 0.902. The Morgan fingerprint density at radius 2 is 1.94 bits per heavy atom. The Bertz CT molecular complexity index is 629. The topological polar surface area (TPSA) is 71.8 Å². The third-order valence-corrected chi connectivity index (χ3v) is 2.96. The number of benzene rings is 1. The molecule has 1 aromatic heterocycles. The van der Waals surface area contributed by atoms with Gasteiger partial charge >= 0.3 is 0 Å². The molecule has 0 radical (unpaired) electrons. The van der Waals surface area contributed by atoms with Gasteiger partial charge in [-0.2, -0.15) is 0 Å². The second kappa shape index (κ2) is 4.64. The molecule has 0 unspecified atom stereocenters. The molecule has 0 aliphatic heterocycles. The van der Waals surface area contributed by atoms with Gasteiger partial charge in [-0.15, -0.1) is 0 Å². The van der Waals surface area contributed by atoms with Crippen LogP contribution in [0, 0.1) is 6.92 Å². The van der Waals surface area contributed by atoms with E-state index in [0.29, 0.717) is 17.2 Å². The molecule has 1 heterocycles. The van der Waals surface area contributed by atoms with Crippen molar-refractivity contribution >= 4 is 5.82 Å². The van der Waals surface area contributed by atoms with Gasteiger partial charge in [0.05, 0.1) is 5.56 Å². The smallest absolute Gasteiger partial charge is 0.256 e. The van der Waals surface area contributed by atoms with Crippen molar-refractivity contribution in [1.29, 1.82) is 0 Å². The summed E-state index contributed by atoms with van der Waals surface area (Å²) >= 11 is 0. The Morgan fingerprint density at radius 1 is 1.28 bits per heavy atom. The van der Waals surface area contributed by atoms with Crippen LogP contribution in [0.3, 0.4) is 0 Å². The summed E-state index contributed by atoms with van der Waals surface area (Å²) in [7, 11) is 0. The highest BCUT2D eigenvalue weighted by Gasteiger charge is 2.13. The highest BCUT2D eigenvalue weighted by atomic mass is 16.1. The predicted molar refractivity (Wildman–Crippen MR) is 73.5 cm³/mol. The number of hydrogen-bond acceptors (Lipinski definition) is 3. The zero-order valence-electron chi connectivity index (χ0n) is 10.8.